The number of carbonyl (C=O) groups excluding carboxylic acids is 2. The van der Waals surface area contributed by atoms with Crippen LogP contribution in [-0.2, 0) is 16.0 Å². The van der Waals surface area contributed by atoms with Gasteiger partial charge >= 0.3 is 5.97 Å². The highest BCUT2D eigenvalue weighted by atomic mass is 35.5. The Morgan fingerprint density at radius 2 is 1.94 bits per heavy atom. The molecule has 2 amide bonds. The number of thiocarbonyl (C=S) groups is 1. The van der Waals surface area contributed by atoms with Crippen molar-refractivity contribution in [3.8, 4) is 11.3 Å². The molecule has 1 aromatic heterocycles. The SMILES string of the molecule is CNC(=O)c1cc(-c2ccc(C=C3NC(=S)N(C(Cc4ccccc4)C(=O)O)C3=O)o2)ccc1Cl. The van der Waals surface area contributed by atoms with Crippen molar-refractivity contribution in [2.45, 2.75) is 12.5 Å². The van der Waals surface area contributed by atoms with E-state index in [0.717, 1.165) is 10.5 Å². The van der Waals surface area contributed by atoms with Gasteiger partial charge in [0, 0.05) is 25.1 Å². The summed E-state index contributed by atoms with van der Waals surface area (Å²) in [5, 5.41) is 15.4. The monoisotopic (exact) mass is 509 g/mol. The Morgan fingerprint density at radius 3 is 2.63 bits per heavy atom. The van der Waals surface area contributed by atoms with Crippen LogP contribution in [0.2, 0.25) is 5.02 Å². The van der Waals surface area contributed by atoms with E-state index in [0.29, 0.717) is 27.7 Å². The lowest BCUT2D eigenvalue weighted by Crippen LogP contribution is -2.46. The van der Waals surface area contributed by atoms with Gasteiger partial charge in [-0.25, -0.2) is 4.79 Å². The highest BCUT2D eigenvalue weighted by molar-refractivity contribution is 7.80. The van der Waals surface area contributed by atoms with Crippen molar-refractivity contribution in [1.82, 2.24) is 15.5 Å². The first-order valence-corrected chi connectivity index (χ1v) is 11.3. The van der Waals surface area contributed by atoms with Crippen molar-refractivity contribution >= 4 is 52.8 Å². The number of hydrogen-bond donors (Lipinski definition) is 3. The Morgan fingerprint density at radius 1 is 1.20 bits per heavy atom. The average molecular weight is 510 g/mol. The van der Waals surface area contributed by atoms with E-state index in [2.05, 4.69) is 10.6 Å². The van der Waals surface area contributed by atoms with Crippen LogP contribution in [-0.4, -0.2) is 46.0 Å². The molecule has 1 aliphatic heterocycles. The van der Waals surface area contributed by atoms with E-state index in [9.17, 15) is 19.5 Å². The smallest absolute Gasteiger partial charge is 0.327 e. The van der Waals surface area contributed by atoms with Crippen LogP contribution in [0.25, 0.3) is 17.4 Å². The van der Waals surface area contributed by atoms with Crippen molar-refractivity contribution in [2.24, 2.45) is 0 Å². The molecule has 0 saturated carbocycles. The van der Waals surface area contributed by atoms with Crippen molar-refractivity contribution < 1.29 is 23.9 Å². The molecule has 2 aromatic carbocycles. The molecule has 0 radical (unpaired) electrons. The van der Waals surface area contributed by atoms with Gasteiger partial charge in [0.05, 0.1) is 10.6 Å². The zero-order chi connectivity index (χ0) is 25.1. The molecule has 1 fully saturated rings. The second-order valence-electron chi connectivity index (χ2n) is 7.68. The Balaban J connectivity index is 1.58. The zero-order valence-electron chi connectivity index (χ0n) is 18.4. The van der Waals surface area contributed by atoms with Crippen molar-refractivity contribution in [3.63, 3.8) is 0 Å². The van der Waals surface area contributed by atoms with Gasteiger partial charge in [-0.15, -0.1) is 0 Å². The Kier molecular flexibility index (Phi) is 6.99. The van der Waals surface area contributed by atoms with Gasteiger partial charge in [-0.2, -0.15) is 0 Å². The van der Waals surface area contributed by atoms with Gasteiger partial charge in [0.25, 0.3) is 11.8 Å². The molecule has 4 rings (SSSR count). The summed E-state index contributed by atoms with van der Waals surface area (Å²) >= 11 is 11.4. The minimum absolute atomic E-state index is 0.00396. The van der Waals surface area contributed by atoms with Gasteiger partial charge in [-0.3, -0.25) is 14.5 Å². The molecule has 0 spiro atoms. The molecule has 3 N–H and O–H groups in total. The third-order valence-corrected chi connectivity index (χ3v) is 6.04. The second kappa shape index (κ2) is 10.1. The Hall–Kier alpha value is -3.95. The molecular weight excluding hydrogens is 490 g/mol. The van der Waals surface area contributed by atoms with Crippen LogP contribution >= 0.6 is 23.8 Å². The number of rotatable bonds is 7. The topological polar surface area (TPSA) is 112 Å². The summed E-state index contributed by atoms with van der Waals surface area (Å²) in [5.41, 5.74) is 1.78. The number of furan rings is 1. The number of halogens is 1. The van der Waals surface area contributed by atoms with Crippen LogP contribution in [0, 0.1) is 0 Å². The number of nitrogens with one attached hydrogen (secondary N) is 2. The first kappa shape index (κ1) is 24.2. The quantitative estimate of drug-likeness (QED) is 0.329. The summed E-state index contributed by atoms with van der Waals surface area (Å²) < 4.78 is 5.84. The molecule has 0 aliphatic carbocycles. The van der Waals surface area contributed by atoms with E-state index in [4.69, 9.17) is 28.2 Å². The lowest BCUT2D eigenvalue weighted by Gasteiger charge is -2.22. The van der Waals surface area contributed by atoms with Crippen LogP contribution in [0.5, 0.6) is 0 Å². The molecule has 3 aromatic rings. The third-order valence-electron chi connectivity index (χ3n) is 5.41. The molecule has 1 saturated heterocycles. The van der Waals surface area contributed by atoms with Gasteiger partial charge < -0.3 is 20.2 Å². The van der Waals surface area contributed by atoms with Crippen molar-refractivity contribution in [1.29, 1.82) is 0 Å². The highest BCUT2D eigenvalue weighted by Crippen LogP contribution is 2.28. The molecule has 8 nitrogen and oxygen atoms in total. The van der Waals surface area contributed by atoms with Gasteiger partial charge in [0.1, 0.15) is 23.3 Å². The molecule has 1 atom stereocenters. The number of benzene rings is 2. The fourth-order valence-electron chi connectivity index (χ4n) is 3.67. The summed E-state index contributed by atoms with van der Waals surface area (Å²) in [7, 11) is 1.51. The lowest BCUT2D eigenvalue weighted by atomic mass is 10.0. The minimum atomic E-state index is -1.17. The van der Waals surface area contributed by atoms with E-state index < -0.39 is 17.9 Å². The number of carbonyl (C=O) groups is 3. The normalized spacial score (nSPS) is 15.3. The van der Waals surface area contributed by atoms with Crippen LogP contribution < -0.4 is 10.6 Å². The van der Waals surface area contributed by atoms with E-state index in [1.807, 2.05) is 6.07 Å². The van der Waals surface area contributed by atoms with Crippen LogP contribution in [0.15, 0.2) is 70.8 Å². The van der Waals surface area contributed by atoms with Gasteiger partial charge in [-0.05, 0) is 48.1 Å². The molecule has 2 heterocycles. The summed E-state index contributed by atoms with van der Waals surface area (Å²) in [6.45, 7) is 0. The molecule has 1 aliphatic rings. The first-order chi connectivity index (χ1) is 16.8. The number of carboxylic acids is 1. The van der Waals surface area contributed by atoms with Crippen molar-refractivity contribution in [3.05, 3.63) is 88.3 Å². The predicted octanol–water partition coefficient (Wildman–Crippen LogP) is 3.71. The zero-order valence-corrected chi connectivity index (χ0v) is 20.0. The maximum absolute atomic E-state index is 13.1. The summed E-state index contributed by atoms with van der Waals surface area (Å²) in [6.07, 6.45) is 1.56. The standard InChI is InChI=1S/C25H20ClN3O5S/c1-27-22(30)17-12-15(7-9-18(17)26)21-10-8-16(34-21)13-19-23(31)29(25(35)28-19)20(24(32)33)11-14-5-3-2-4-6-14/h2-10,12-13,20H,11H2,1H3,(H,27,30)(H,28,35)(H,32,33). The second-order valence-corrected chi connectivity index (χ2v) is 8.48. The van der Waals surface area contributed by atoms with Crippen LogP contribution in [0.4, 0.5) is 0 Å². The van der Waals surface area contributed by atoms with E-state index >= 15 is 0 Å². The minimum Gasteiger partial charge on any atom is -0.480 e. The first-order valence-electron chi connectivity index (χ1n) is 10.5. The number of aliphatic carboxylic acids is 1. The molecule has 1 unspecified atom stereocenters. The number of nitrogens with zero attached hydrogens (tertiary/aromatic N) is 1. The fraction of sp³-hybridized carbons (Fsp3) is 0.120. The van der Waals surface area contributed by atoms with E-state index in [1.165, 1.54) is 13.1 Å². The van der Waals surface area contributed by atoms with Gasteiger partial charge in [-0.1, -0.05) is 41.9 Å². The lowest BCUT2D eigenvalue weighted by molar-refractivity contribution is -0.145. The largest absolute Gasteiger partial charge is 0.480 e. The Labute approximate surface area is 211 Å². The van der Waals surface area contributed by atoms with E-state index in [1.54, 1.807) is 54.6 Å². The van der Waals surface area contributed by atoms with Crippen molar-refractivity contribution in [2.75, 3.05) is 7.05 Å². The maximum atomic E-state index is 13.1. The van der Waals surface area contributed by atoms with Crippen LogP contribution in [0.3, 0.4) is 0 Å². The van der Waals surface area contributed by atoms with Crippen LogP contribution in [0.1, 0.15) is 21.7 Å². The predicted molar refractivity (Wildman–Crippen MR) is 135 cm³/mol. The molecular formula is C25H20ClN3O5S. The number of amides is 2. The molecule has 178 valence electrons. The molecule has 10 heteroatoms. The third kappa shape index (κ3) is 5.11. The molecule has 0 bridgehead atoms. The van der Waals surface area contributed by atoms with E-state index in [-0.39, 0.29) is 23.1 Å². The maximum Gasteiger partial charge on any atom is 0.327 e. The van der Waals surface area contributed by atoms with Gasteiger partial charge in [0.15, 0.2) is 5.11 Å². The Bertz CT molecular complexity index is 1350. The average Bonchev–Trinajstić information content (AvgIpc) is 3.42. The fourth-order valence-corrected chi connectivity index (χ4v) is 4.20. The molecule has 35 heavy (non-hydrogen) atoms. The summed E-state index contributed by atoms with van der Waals surface area (Å²) in [4.78, 5) is 38.1. The summed E-state index contributed by atoms with van der Waals surface area (Å²) in [6, 6.07) is 16.1. The van der Waals surface area contributed by atoms with Gasteiger partial charge in [0.2, 0.25) is 0 Å². The summed E-state index contributed by atoms with van der Waals surface area (Å²) in [5.74, 6) is -1.27. The highest BCUT2D eigenvalue weighted by Gasteiger charge is 2.39. The number of carboxylic acid groups (broad SMARTS) is 1. The number of hydrogen-bond acceptors (Lipinski definition) is 5.